The van der Waals surface area contributed by atoms with Crippen molar-refractivity contribution in [1.29, 1.82) is 0 Å². The average Bonchev–Trinajstić information content (AvgIpc) is 2.94. The molecule has 1 heterocycles. The molecule has 4 heteroatoms. The summed E-state index contributed by atoms with van der Waals surface area (Å²) in [5.41, 5.74) is 7.64. The quantitative estimate of drug-likeness (QED) is 0.829. The van der Waals surface area contributed by atoms with Gasteiger partial charge in [0.25, 0.3) is 0 Å². The number of rotatable bonds is 6. The smallest absolute Gasteiger partial charge is 0.222 e. The van der Waals surface area contributed by atoms with E-state index in [1.807, 2.05) is 37.4 Å². The predicted octanol–water partition coefficient (Wildman–Crippen LogP) is 3.31. The number of thiophene rings is 1. The second-order valence-electron chi connectivity index (χ2n) is 4.88. The second kappa shape index (κ2) is 7.10. The fourth-order valence-electron chi connectivity index (χ4n) is 2.08. The molecule has 1 aromatic carbocycles. The highest BCUT2D eigenvalue weighted by atomic mass is 32.1. The van der Waals surface area contributed by atoms with Crippen molar-refractivity contribution in [3.05, 3.63) is 52.2 Å². The van der Waals surface area contributed by atoms with Gasteiger partial charge in [-0.05, 0) is 35.9 Å². The van der Waals surface area contributed by atoms with E-state index < -0.39 is 0 Å². The molecule has 1 aromatic heterocycles. The van der Waals surface area contributed by atoms with E-state index in [1.165, 1.54) is 4.88 Å². The van der Waals surface area contributed by atoms with E-state index in [9.17, 15) is 4.79 Å². The van der Waals surface area contributed by atoms with Crippen molar-refractivity contribution in [2.75, 3.05) is 12.8 Å². The molecule has 2 aromatic rings. The first kappa shape index (κ1) is 14.6. The van der Waals surface area contributed by atoms with Gasteiger partial charge in [-0.25, -0.2) is 0 Å². The molecule has 2 rings (SSSR count). The lowest BCUT2D eigenvalue weighted by atomic mass is 10.1. The maximum Gasteiger partial charge on any atom is 0.222 e. The number of hydrogen-bond acceptors (Lipinski definition) is 3. The zero-order chi connectivity index (χ0) is 14.4. The summed E-state index contributed by atoms with van der Waals surface area (Å²) in [4.78, 5) is 15.2. The zero-order valence-corrected chi connectivity index (χ0v) is 12.5. The number of amides is 1. The van der Waals surface area contributed by atoms with Gasteiger partial charge in [-0.15, -0.1) is 11.3 Å². The lowest BCUT2D eigenvalue weighted by Gasteiger charge is -2.18. The Morgan fingerprint density at radius 1 is 1.25 bits per heavy atom. The fraction of sp³-hybridized carbons (Fsp3) is 0.312. The van der Waals surface area contributed by atoms with E-state index in [-0.39, 0.29) is 5.91 Å². The largest absolute Gasteiger partial charge is 0.398 e. The van der Waals surface area contributed by atoms with Gasteiger partial charge in [-0.1, -0.05) is 24.3 Å². The third kappa shape index (κ3) is 4.10. The molecule has 0 atom stereocenters. The van der Waals surface area contributed by atoms with Crippen LogP contribution in [0.1, 0.15) is 23.3 Å². The molecule has 0 fully saturated rings. The molecule has 0 saturated carbocycles. The monoisotopic (exact) mass is 288 g/mol. The van der Waals surface area contributed by atoms with E-state index in [0.717, 1.165) is 24.1 Å². The fourth-order valence-corrected chi connectivity index (χ4v) is 2.83. The van der Waals surface area contributed by atoms with Crippen molar-refractivity contribution in [1.82, 2.24) is 4.90 Å². The zero-order valence-electron chi connectivity index (χ0n) is 11.7. The van der Waals surface area contributed by atoms with Crippen LogP contribution in [0, 0.1) is 0 Å². The molecular weight excluding hydrogens is 268 g/mol. The Bertz CT molecular complexity index is 551. The molecule has 0 spiro atoms. The summed E-state index contributed by atoms with van der Waals surface area (Å²) in [7, 11) is 1.83. The lowest BCUT2D eigenvalue weighted by Crippen LogP contribution is -2.26. The van der Waals surface area contributed by atoms with Crippen LogP contribution < -0.4 is 5.73 Å². The molecule has 0 aliphatic carbocycles. The van der Waals surface area contributed by atoms with Crippen molar-refractivity contribution < 1.29 is 4.79 Å². The summed E-state index contributed by atoms with van der Waals surface area (Å²) < 4.78 is 0. The van der Waals surface area contributed by atoms with Crippen LogP contribution in [0.3, 0.4) is 0 Å². The molecule has 0 radical (unpaired) electrons. The number of benzene rings is 1. The van der Waals surface area contributed by atoms with Crippen LogP contribution in [0.15, 0.2) is 41.8 Å². The summed E-state index contributed by atoms with van der Waals surface area (Å²) in [6.45, 7) is 0.574. The third-order valence-electron chi connectivity index (χ3n) is 3.28. The molecule has 0 saturated heterocycles. The van der Waals surface area contributed by atoms with E-state index >= 15 is 0 Å². The van der Waals surface area contributed by atoms with Gasteiger partial charge in [-0.3, -0.25) is 4.79 Å². The molecule has 1 amide bonds. The van der Waals surface area contributed by atoms with Crippen molar-refractivity contribution in [3.63, 3.8) is 0 Å². The minimum atomic E-state index is 0.171. The normalized spacial score (nSPS) is 10.4. The number of carbonyl (C=O) groups excluding carboxylic acids is 1. The average molecular weight is 288 g/mol. The summed E-state index contributed by atoms with van der Waals surface area (Å²) in [6, 6.07) is 11.8. The number of nitrogen functional groups attached to an aromatic ring is 1. The van der Waals surface area contributed by atoms with E-state index in [4.69, 9.17) is 5.73 Å². The van der Waals surface area contributed by atoms with Crippen LogP contribution in [0.25, 0.3) is 0 Å². The van der Waals surface area contributed by atoms with Gasteiger partial charge in [-0.2, -0.15) is 0 Å². The molecule has 0 aliphatic rings. The SMILES string of the molecule is CN(Cc1ccccc1N)C(=O)CCCc1cccs1. The lowest BCUT2D eigenvalue weighted by molar-refractivity contribution is -0.130. The van der Waals surface area contributed by atoms with Crippen molar-refractivity contribution in [3.8, 4) is 0 Å². The van der Waals surface area contributed by atoms with Gasteiger partial charge in [0.1, 0.15) is 0 Å². The number of nitrogens with two attached hydrogens (primary N) is 1. The van der Waals surface area contributed by atoms with Gasteiger partial charge < -0.3 is 10.6 Å². The van der Waals surface area contributed by atoms with Gasteiger partial charge in [0, 0.05) is 30.6 Å². The van der Waals surface area contributed by atoms with Crippen LogP contribution in [0.5, 0.6) is 0 Å². The summed E-state index contributed by atoms with van der Waals surface area (Å²) in [5, 5.41) is 2.07. The number of nitrogens with zero attached hydrogens (tertiary/aromatic N) is 1. The first-order valence-corrected chi connectivity index (χ1v) is 7.64. The highest BCUT2D eigenvalue weighted by Crippen LogP contribution is 2.15. The van der Waals surface area contributed by atoms with E-state index in [0.29, 0.717) is 13.0 Å². The molecule has 20 heavy (non-hydrogen) atoms. The van der Waals surface area contributed by atoms with E-state index in [2.05, 4.69) is 11.4 Å². The standard InChI is InChI=1S/C16H20N2OS/c1-18(12-13-6-2-3-9-15(13)17)16(19)10-4-7-14-8-5-11-20-14/h2-3,5-6,8-9,11H,4,7,10,12,17H2,1H3. The van der Waals surface area contributed by atoms with Crippen LogP contribution in [-0.2, 0) is 17.8 Å². The Labute approximate surface area is 124 Å². The van der Waals surface area contributed by atoms with Crippen LogP contribution in [0.4, 0.5) is 5.69 Å². The minimum Gasteiger partial charge on any atom is -0.398 e. The number of anilines is 1. The highest BCUT2D eigenvalue weighted by molar-refractivity contribution is 7.09. The van der Waals surface area contributed by atoms with Crippen molar-refractivity contribution >= 4 is 22.9 Å². The maximum absolute atomic E-state index is 12.1. The minimum absolute atomic E-state index is 0.171. The summed E-state index contributed by atoms with van der Waals surface area (Å²) in [5.74, 6) is 0.171. The Hall–Kier alpha value is -1.81. The van der Waals surface area contributed by atoms with Gasteiger partial charge >= 0.3 is 0 Å². The molecular formula is C16H20N2OS. The molecule has 2 N–H and O–H groups in total. The topological polar surface area (TPSA) is 46.3 Å². The van der Waals surface area contributed by atoms with Crippen LogP contribution in [-0.4, -0.2) is 17.9 Å². The van der Waals surface area contributed by atoms with Gasteiger partial charge in [0.15, 0.2) is 0 Å². The molecule has 0 bridgehead atoms. The molecule has 0 aliphatic heterocycles. The maximum atomic E-state index is 12.1. The Morgan fingerprint density at radius 2 is 2.05 bits per heavy atom. The number of carbonyl (C=O) groups is 1. The summed E-state index contributed by atoms with van der Waals surface area (Å²) in [6.07, 6.45) is 2.46. The van der Waals surface area contributed by atoms with Gasteiger partial charge in [0.2, 0.25) is 5.91 Å². The number of hydrogen-bond donors (Lipinski definition) is 1. The van der Waals surface area contributed by atoms with Crippen molar-refractivity contribution in [2.45, 2.75) is 25.8 Å². The first-order chi connectivity index (χ1) is 9.66. The Morgan fingerprint density at radius 3 is 2.75 bits per heavy atom. The van der Waals surface area contributed by atoms with Gasteiger partial charge in [0.05, 0.1) is 0 Å². The van der Waals surface area contributed by atoms with Crippen LogP contribution in [0.2, 0.25) is 0 Å². The third-order valence-corrected chi connectivity index (χ3v) is 4.22. The first-order valence-electron chi connectivity index (χ1n) is 6.76. The molecule has 0 unspecified atom stereocenters. The predicted molar refractivity (Wildman–Crippen MR) is 84.6 cm³/mol. The number of aryl methyl sites for hydroxylation is 1. The summed E-state index contributed by atoms with van der Waals surface area (Å²) >= 11 is 1.75. The Balaban J connectivity index is 1.79. The molecule has 106 valence electrons. The molecule has 3 nitrogen and oxygen atoms in total. The second-order valence-corrected chi connectivity index (χ2v) is 5.91. The van der Waals surface area contributed by atoms with Crippen molar-refractivity contribution in [2.24, 2.45) is 0 Å². The van der Waals surface area contributed by atoms with E-state index in [1.54, 1.807) is 16.2 Å². The highest BCUT2D eigenvalue weighted by Gasteiger charge is 2.10. The van der Waals surface area contributed by atoms with Crippen LogP contribution >= 0.6 is 11.3 Å². The number of para-hydroxylation sites is 1. The Kier molecular flexibility index (Phi) is 5.18.